The summed E-state index contributed by atoms with van der Waals surface area (Å²) < 4.78 is 4.55. The minimum Gasteiger partial charge on any atom is -0.462 e. The first kappa shape index (κ1) is 10.9. The summed E-state index contributed by atoms with van der Waals surface area (Å²) in [5, 5.41) is 0. The van der Waals surface area contributed by atoms with E-state index in [0.29, 0.717) is 6.47 Å². The third-order valence-corrected chi connectivity index (χ3v) is 0.402. The summed E-state index contributed by atoms with van der Waals surface area (Å²) in [6.07, 6.45) is 0. The maximum Gasteiger partial charge on any atom is 0.293 e. The molecular formula is C5H10LiO2. The first-order valence-corrected chi connectivity index (χ1v) is 2.18. The molecule has 43 valence electrons. The minimum atomic E-state index is -0.318. The molecule has 2 nitrogen and oxygen atoms in total. The zero-order valence-corrected chi connectivity index (χ0v) is 5.89. The van der Waals surface area contributed by atoms with Crippen LogP contribution in [0.15, 0.2) is 0 Å². The van der Waals surface area contributed by atoms with Crippen LogP contribution in [0.5, 0.6) is 0 Å². The molecule has 1 radical (unpaired) electrons. The maximum absolute atomic E-state index is 9.60. The Morgan fingerprint density at radius 2 is 1.75 bits per heavy atom. The van der Waals surface area contributed by atoms with Crippen LogP contribution < -0.4 is 0 Å². The molecule has 0 aromatic carbocycles. The Kier molecular flexibility index (Phi) is 5.47. The normalized spacial score (nSPS) is 9.38. The van der Waals surface area contributed by atoms with Crippen molar-refractivity contribution in [2.75, 3.05) is 0 Å². The van der Waals surface area contributed by atoms with E-state index in [-0.39, 0.29) is 24.5 Å². The van der Waals surface area contributed by atoms with E-state index in [1.807, 2.05) is 20.8 Å². The van der Waals surface area contributed by atoms with Crippen LogP contribution in [0.1, 0.15) is 20.8 Å². The molecule has 0 aliphatic rings. The number of carbonyl (C=O) groups is 1. The molecule has 3 heteroatoms. The Bertz CT molecular complexity index is 65.3. The molecule has 0 N–H and O–H groups in total. The van der Waals surface area contributed by atoms with E-state index in [2.05, 4.69) is 4.74 Å². The van der Waals surface area contributed by atoms with Crippen molar-refractivity contribution in [3.8, 4) is 0 Å². The van der Waals surface area contributed by atoms with E-state index >= 15 is 0 Å². The minimum absolute atomic E-state index is 0. The van der Waals surface area contributed by atoms with Crippen LogP contribution in [0.25, 0.3) is 0 Å². The van der Waals surface area contributed by atoms with E-state index < -0.39 is 0 Å². The van der Waals surface area contributed by atoms with Crippen LogP contribution in [0, 0.1) is 0 Å². The van der Waals surface area contributed by atoms with Gasteiger partial charge in [0.1, 0.15) is 5.60 Å². The van der Waals surface area contributed by atoms with Crippen molar-refractivity contribution in [1.82, 2.24) is 0 Å². The van der Waals surface area contributed by atoms with Gasteiger partial charge in [0.15, 0.2) is 0 Å². The Morgan fingerprint density at radius 1 is 1.38 bits per heavy atom. The standard InChI is InChI=1S/C5H10O2.Li/c1-5(2,3)7-4-6;/h4H,1-3H3;. The Hall–Kier alpha value is 0.0674. The van der Waals surface area contributed by atoms with Gasteiger partial charge in [-0.05, 0) is 20.8 Å². The monoisotopic (exact) mass is 109 g/mol. The van der Waals surface area contributed by atoms with E-state index in [1.165, 1.54) is 0 Å². The third kappa shape index (κ3) is 9.42. The van der Waals surface area contributed by atoms with Crippen molar-refractivity contribution >= 4 is 25.3 Å². The molecule has 0 unspecified atom stereocenters. The first-order valence-electron chi connectivity index (χ1n) is 2.18. The molecule has 0 atom stereocenters. The quantitative estimate of drug-likeness (QED) is 0.363. The van der Waals surface area contributed by atoms with Crippen LogP contribution >= 0.6 is 0 Å². The molecule has 0 saturated heterocycles. The largest absolute Gasteiger partial charge is 0.462 e. The van der Waals surface area contributed by atoms with Crippen LogP contribution in [0.3, 0.4) is 0 Å². The number of ether oxygens (including phenoxy) is 1. The van der Waals surface area contributed by atoms with Crippen molar-refractivity contribution in [2.45, 2.75) is 26.4 Å². The molecule has 0 aliphatic heterocycles. The van der Waals surface area contributed by atoms with Crippen molar-refractivity contribution in [2.24, 2.45) is 0 Å². The predicted octanol–water partition coefficient (Wildman–Crippen LogP) is 0.577. The summed E-state index contributed by atoms with van der Waals surface area (Å²) >= 11 is 0. The van der Waals surface area contributed by atoms with Gasteiger partial charge in [0.05, 0.1) is 0 Å². The second-order valence-electron chi connectivity index (χ2n) is 2.33. The number of rotatable bonds is 1. The van der Waals surface area contributed by atoms with Crippen LogP contribution in [0.2, 0.25) is 0 Å². The zero-order valence-electron chi connectivity index (χ0n) is 5.89. The summed E-state index contributed by atoms with van der Waals surface area (Å²) in [5.41, 5.74) is -0.318. The van der Waals surface area contributed by atoms with Gasteiger partial charge >= 0.3 is 0 Å². The van der Waals surface area contributed by atoms with Crippen LogP contribution in [-0.2, 0) is 9.53 Å². The van der Waals surface area contributed by atoms with Gasteiger partial charge in [-0.25, -0.2) is 0 Å². The molecule has 0 fully saturated rings. The first-order chi connectivity index (χ1) is 3.06. The van der Waals surface area contributed by atoms with Gasteiger partial charge in [0, 0.05) is 18.9 Å². The average molecular weight is 109 g/mol. The smallest absolute Gasteiger partial charge is 0.293 e. The molecule has 0 heterocycles. The van der Waals surface area contributed by atoms with Gasteiger partial charge < -0.3 is 4.74 Å². The van der Waals surface area contributed by atoms with Gasteiger partial charge in [0.2, 0.25) is 0 Å². The van der Waals surface area contributed by atoms with E-state index in [9.17, 15) is 4.79 Å². The Labute approximate surface area is 61.8 Å². The summed E-state index contributed by atoms with van der Waals surface area (Å²) in [5.74, 6) is 0. The second kappa shape index (κ2) is 4.00. The van der Waals surface area contributed by atoms with Gasteiger partial charge in [-0.3, -0.25) is 4.79 Å². The topological polar surface area (TPSA) is 26.3 Å². The summed E-state index contributed by atoms with van der Waals surface area (Å²) in [6.45, 7) is 5.92. The molecule has 8 heavy (non-hydrogen) atoms. The maximum atomic E-state index is 9.60. The summed E-state index contributed by atoms with van der Waals surface area (Å²) in [7, 11) is 0. The molecular weight excluding hydrogens is 99.0 g/mol. The molecule has 0 bridgehead atoms. The fraction of sp³-hybridized carbons (Fsp3) is 0.800. The fourth-order valence-electron chi connectivity index (χ4n) is 0.144. The number of carbonyl (C=O) groups excluding carboxylic acids is 1. The van der Waals surface area contributed by atoms with E-state index in [4.69, 9.17) is 0 Å². The molecule has 0 aliphatic carbocycles. The van der Waals surface area contributed by atoms with Crippen LogP contribution in [-0.4, -0.2) is 30.9 Å². The Morgan fingerprint density at radius 3 is 1.75 bits per heavy atom. The SMILES string of the molecule is CC(C)(C)OC=O.[Li]. The molecule has 0 amide bonds. The summed E-state index contributed by atoms with van der Waals surface area (Å²) in [6, 6.07) is 0. The molecule has 0 saturated carbocycles. The van der Waals surface area contributed by atoms with Gasteiger partial charge in [-0.2, -0.15) is 0 Å². The average Bonchev–Trinajstić information content (AvgIpc) is 1.30. The molecule has 0 aromatic rings. The fourth-order valence-corrected chi connectivity index (χ4v) is 0.144. The van der Waals surface area contributed by atoms with Gasteiger partial charge in [-0.1, -0.05) is 0 Å². The third-order valence-electron chi connectivity index (χ3n) is 0.402. The van der Waals surface area contributed by atoms with E-state index in [1.54, 1.807) is 0 Å². The molecule has 0 aromatic heterocycles. The second-order valence-corrected chi connectivity index (χ2v) is 2.33. The number of hydrogen-bond donors (Lipinski definition) is 0. The van der Waals surface area contributed by atoms with Crippen molar-refractivity contribution in [3.05, 3.63) is 0 Å². The molecule has 0 rings (SSSR count). The van der Waals surface area contributed by atoms with Crippen molar-refractivity contribution < 1.29 is 9.53 Å². The van der Waals surface area contributed by atoms with Crippen LogP contribution in [0.4, 0.5) is 0 Å². The number of hydrogen-bond acceptors (Lipinski definition) is 2. The van der Waals surface area contributed by atoms with Gasteiger partial charge in [-0.15, -0.1) is 0 Å². The van der Waals surface area contributed by atoms with Gasteiger partial charge in [0.25, 0.3) is 6.47 Å². The van der Waals surface area contributed by atoms with Crippen molar-refractivity contribution in [1.29, 1.82) is 0 Å². The molecule has 0 spiro atoms. The van der Waals surface area contributed by atoms with E-state index in [0.717, 1.165) is 0 Å². The Balaban J connectivity index is 0. The predicted molar refractivity (Wildman–Crippen MR) is 32.7 cm³/mol. The summed E-state index contributed by atoms with van der Waals surface area (Å²) in [4.78, 5) is 9.60. The van der Waals surface area contributed by atoms with Crippen molar-refractivity contribution in [3.63, 3.8) is 0 Å². The zero-order chi connectivity index (χ0) is 5.91.